The maximum atomic E-state index is 11.5. The van der Waals surface area contributed by atoms with Crippen LogP contribution in [-0.2, 0) is 36.9 Å². The number of rotatable bonds is 14. The summed E-state index contributed by atoms with van der Waals surface area (Å²) in [5.41, 5.74) is 0.557. The van der Waals surface area contributed by atoms with Gasteiger partial charge in [0.05, 0.1) is 52.3 Å². The maximum absolute atomic E-state index is 11.5. The first-order chi connectivity index (χ1) is 13.1. The van der Waals surface area contributed by atoms with E-state index in [2.05, 4.69) is 24.2 Å². The minimum Gasteiger partial charge on any atom is -0.379 e. The van der Waals surface area contributed by atoms with Gasteiger partial charge in [0.15, 0.2) is 0 Å². The Morgan fingerprint density at radius 1 is 0.926 bits per heavy atom. The highest BCUT2D eigenvalue weighted by Crippen LogP contribution is 2.08. The quantitative estimate of drug-likeness (QED) is 0.348. The van der Waals surface area contributed by atoms with Crippen molar-refractivity contribution in [1.29, 1.82) is 0 Å². The number of carbonyl (C=O) groups is 2. The van der Waals surface area contributed by atoms with Crippen LogP contribution in [-0.4, -0.2) is 71.3 Å². The minimum atomic E-state index is -0.330. The molecule has 9 heteroatoms. The fourth-order valence-electron chi connectivity index (χ4n) is 2.29. The van der Waals surface area contributed by atoms with E-state index in [1.807, 2.05) is 0 Å². The largest absolute Gasteiger partial charge is 0.379 e. The molecule has 2 amide bonds. The number of nitrogens with zero attached hydrogens (tertiary/aromatic N) is 4. The van der Waals surface area contributed by atoms with Crippen LogP contribution < -0.4 is 0 Å². The molecule has 27 heavy (non-hydrogen) atoms. The van der Waals surface area contributed by atoms with Gasteiger partial charge in [-0.25, -0.2) is 4.68 Å². The number of carbonyl (C=O) groups excluding carboxylic acids is 2. The van der Waals surface area contributed by atoms with Gasteiger partial charge in [0.1, 0.15) is 5.69 Å². The van der Waals surface area contributed by atoms with E-state index in [4.69, 9.17) is 14.2 Å². The number of hydrogen-bond acceptors (Lipinski definition) is 7. The summed E-state index contributed by atoms with van der Waals surface area (Å²) in [5.74, 6) is -0.00555. The monoisotopic (exact) mass is 380 g/mol. The normalized spacial score (nSPS) is 14.1. The molecule has 0 N–H and O–H groups in total. The van der Waals surface area contributed by atoms with Gasteiger partial charge in [0.25, 0.3) is 11.8 Å². The highest BCUT2D eigenvalue weighted by atomic mass is 16.5. The van der Waals surface area contributed by atoms with Gasteiger partial charge in [-0.2, -0.15) is 0 Å². The zero-order valence-corrected chi connectivity index (χ0v) is 16.0. The van der Waals surface area contributed by atoms with E-state index in [0.29, 0.717) is 51.2 Å². The molecule has 1 aromatic heterocycles. The first-order valence-electron chi connectivity index (χ1n) is 9.22. The summed E-state index contributed by atoms with van der Waals surface area (Å²) >= 11 is 0. The molecule has 0 spiro atoms. The van der Waals surface area contributed by atoms with Crippen LogP contribution in [0.15, 0.2) is 18.3 Å². The number of hydrogen-bond donors (Lipinski definition) is 0. The van der Waals surface area contributed by atoms with Crippen molar-refractivity contribution < 1.29 is 23.8 Å². The van der Waals surface area contributed by atoms with Gasteiger partial charge in [-0.1, -0.05) is 19.1 Å². The molecule has 1 aliphatic heterocycles. The predicted molar refractivity (Wildman–Crippen MR) is 96.6 cm³/mol. The first-order valence-corrected chi connectivity index (χ1v) is 9.22. The molecule has 1 aliphatic rings. The van der Waals surface area contributed by atoms with E-state index in [-0.39, 0.29) is 18.4 Å². The summed E-state index contributed by atoms with van der Waals surface area (Å²) in [6, 6.07) is 0. The van der Waals surface area contributed by atoms with Crippen molar-refractivity contribution in [3.63, 3.8) is 0 Å². The van der Waals surface area contributed by atoms with E-state index in [1.54, 1.807) is 10.9 Å². The average molecular weight is 380 g/mol. The molecule has 2 heterocycles. The van der Waals surface area contributed by atoms with Crippen LogP contribution in [0, 0.1) is 5.92 Å². The number of imide groups is 1. The van der Waals surface area contributed by atoms with Crippen molar-refractivity contribution >= 4 is 11.8 Å². The first kappa shape index (κ1) is 21.2. The van der Waals surface area contributed by atoms with Crippen LogP contribution in [0.1, 0.15) is 26.0 Å². The molecule has 0 saturated heterocycles. The van der Waals surface area contributed by atoms with Crippen LogP contribution in [0.25, 0.3) is 0 Å². The summed E-state index contributed by atoms with van der Waals surface area (Å²) in [7, 11) is 0. The lowest BCUT2D eigenvalue weighted by Gasteiger charge is -2.10. The summed E-state index contributed by atoms with van der Waals surface area (Å²) in [4.78, 5) is 24.2. The second kappa shape index (κ2) is 11.6. The number of aromatic nitrogens is 3. The lowest BCUT2D eigenvalue weighted by atomic mass is 10.1. The topological polar surface area (TPSA) is 95.8 Å². The van der Waals surface area contributed by atoms with Gasteiger partial charge < -0.3 is 14.2 Å². The Hall–Kier alpha value is -2.10. The molecular weight excluding hydrogens is 352 g/mol. The van der Waals surface area contributed by atoms with Gasteiger partial charge in [-0.15, -0.1) is 5.10 Å². The van der Waals surface area contributed by atoms with E-state index in [1.165, 1.54) is 12.2 Å². The Kier molecular flexibility index (Phi) is 9.09. The molecular formula is C18H28N4O5. The number of ether oxygens (including phenoxy) is 3. The molecule has 0 aromatic carbocycles. The fraction of sp³-hybridized carbons (Fsp3) is 0.667. The van der Waals surface area contributed by atoms with Crippen LogP contribution in [0.5, 0.6) is 0 Å². The molecule has 0 unspecified atom stereocenters. The lowest BCUT2D eigenvalue weighted by molar-refractivity contribution is -0.137. The molecule has 2 rings (SSSR count). The van der Waals surface area contributed by atoms with E-state index < -0.39 is 0 Å². The Labute approximate surface area is 159 Å². The van der Waals surface area contributed by atoms with Crippen LogP contribution >= 0.6 is 0 Å². The van der Waals surface area contributed by atoms with E-state index in [0.717, 1.165) is 17.9 Å². The average Bonchev–Trinajstić information content (AvgIpc) is 3.21. The van der Waals surface area contributed by atoms with Crippen molar-refractivity contribution in [3.8, 4) is 0 Å². The second-order valence-corrected chi connectivity index (χ2v) is 6.59. The second-order valence-electron chi connectivity index (χ2n) is 6.59. The van der Waals surface area contributed by atoms with Crippen LogP contribution in [0.4, 0.5) is 0 Å². The van der Waals surface area contributed by atoms with Crippen molar-refractivity contribution in [2.45, 2.75) is 33.4 Å². The Bertz CT molecular complexity index is 611. The van der Waals surface area contributed by atoms with Crippen LogP contribution in [0.3, 0.4) is 0 Å². The van der Waals surface area contributed by atoms with Gasteiger partial charge in [0, 0.05) is 18.8 Å². The standard InChI is InChI=1S/C18H28N4O5/c1-15(2)5-7-25-9-11-27-12-10-26-8-6-21-13-16(19-20-21)14-22-17(23)3-4-18(22)24/h3-4,13,15H,5-12,14H2,1-2H3. The molecule has 9 nitrogen and oxygen atoms in total. The summed E-state index contributed by atoms with van der Waals surface area (Å²) in [6.45, 7) is 8.42. The molecule has 1 aromatic rings. The Balaban J connectivity index is 1.48. The van der Waals surface area contributed by atoms with E-state index >= 15 is 0 Å². The minimum absolute atomic E-state index is 0.124. The molecule has 0 aliphatic carbocycles. The maximum Gasteiger partial charge on any atom is 0.253 e. The van der Waals surface area contributed by atoms with Gasteiger partial charge in [0.2, 0.25) is 0 Å². The van der Waals surface area contributed by atoms with Crippen molar-refractivity contribution in [3.05, 3.63) is 24.0 Å². The predicted octanol–water partition coefficient (Wildman–Crippen LogP) is 0.799. The third kappa shape index (κ3) is 7.98. The number of amides is 2. The molecule has 0 saturated carbocycles. The van der Waals surface area contributed by atoms with Crippen molar-refractivity contribution in [1.82, 2.24) is 19.9 Å². The Morgan fingerprint density at radius 2 is 1.52 bits per heavy atom. The third-order valence-electron chi connectivity index (χ3n) is 3.86. The highest BCUT2D eigenvalue weighted by molar-refractivity contribution is 6.12. The summed E-state index contributed by atoms with van der Waals surface area (Å²) in [5, 5.41) is 7.93. The summed E-state index contributed by atoms with van der Waals surface area (Å²) in [6.07, 6.45) is 5.27. The van der Waals surface area contributed by atoms with Crippen molar-refractivity contribution in [2.24, 2.45) is 5.92 Å². The van der Waals surface area contributed by atoms with Gasteiger partial charge >= 0.3 is 0 Å². The Morgan fingerprint density at radius 3 is 2.15 bits per heavy atom. The molecule has 0 radical (unpaired) electrons. The van der Waals surface area contributed by atoms with E-state index in [9.17, 15) is 9.59 Å². The fourth-order valence-corrected chi connectivity index (χ4v) is 2.29. The lowest BCUT2D eigenvalue weighted by Crippen LogP contribution is -2.29. The smallest absolute Gasteiger partial charge is 0.253 e. The highest BCUT2D eigenvalue weighted by Gasteiger charge is 2.24. The molecule has 0 atom stereocenters. The zero-order valence-electron chi connectivity index (χ0n) is 16.0. The van der Waals surface area contributed by atoms with Gasteiger partial charge in [-0.3, -0.25) is 14.5 Å². The van der Waals surface area contributed by atoms with Crippen LogP contribution in [0.2, 0.25) is 0 Å². The third-order valence-corrected chi connectivity index (χ3v) is 3.86. The van der Waals surface area contributed by atoms with Gasteiger partial charge in [-0.05, 0) is 12.3 Å². The molecule has 150 valence electrons. The molecule has 0 bridgehead atoms. The summed E-state index contributed by atoms with van der Waals surface area (Å²) < 4.78 is 18.0. The molecule has 0 fully saturated rings. The van der Waals surface area contributed by atoms with Crippen molar-refractivity contribution in [2.75, 3.05) is 39.6 Å². The zero-order chi connectivity index (χ0) is 19.5. The SMILES string of the molecule is CC(C)CCOCCOCCOCCn1cc(CN2C(=O)C=CC2=O)nn1.